The molecule has 12 nitrogen and oxygen atoms in total. The van der Waals surface area contributed by atoms with Gasteiger partial charge in [-0.15, -0.1) is 0 Å². The normalized spacial score (nSPS) is 12.9. The first-order valence-corrected chi connectivity index (χ1v) is 8.87. The third-order valence-electron chi connectivity index (χ3n) is 4.26. The molecule has 0 spiro atoms. The first-order valence-electron chi connectivity index (χ1n) is 8.87. The number of carboxylic acids is 2. The molecule has 162 valence electrons. The molecule has 0 aliphatic rings. The number of carboxylic acid groups (broad SMARTS) is 2. The number of imidazole rings is 1. The van der Waals surface area contributed by atoms with Gasteiger partial charge in [-0.05, 0) is 30.6 Å². The molecule has 0 saturated heterocycles. The van der Waals surface area contributed by atoms with Crippen LogP contribution in [0.4, 0.5) is 10.3 Å². The van der Waals surface area contributed by atoms with Gasteiger partial charge < -0.3 is 31.0 Å². The smallest absolute Gasteiger partial charge is 0.435 e. The molecule has 0 fully saturated rings. The topological polar surface area (TPSA) is 182 Å². The maximum Gasteiger partial charge on any atom is 0.435 e. The number of halogens is 1. The van der Waals surface area contributed by atoms with E-state index >= 15 is 0 Å². The fourth-order valence-electron chi connectivity index (χ4n) is 2.73. The summed E-state index contributed by atoms with van der Waals surface area (Å²) >= 11 is 0. The Hall–Kier alpha value is -3.09. The van der Waals surface area contributed by atoms with Gasteiger partial charge in [0.25, 0.3) is 5.91 Å². The van der Waals surface area contributed by atoms with E-state index in [1.165, 1.54) is 17.3 Å². The van der Waals surface area contributed by atoms with E-state index in [0.717, 1.165) is 4.57 Å². The molecule has 1 aromatic rings. The second-order valence-corrected chi connectivity index (χ2v) is 6.39. The summed E-state index contributed by atoms with van der Waals surface area (Å²) in [4.78, 5) is 49.6. The summed E-state index contributed by atoms with van der Waals surface area (Å²) in [5.74, 6) is -4.52. The Morgan fingerprint density at radius 1 is 1.28 bits per heavy atom. The van der Waals surface area contributed by atoms with E-state index in [0.29, 0.717) is 0 Å². The Bertz CT molecular complexity index is 726. The van der Waals surface area contributed by atoms with Crippen LogP contribution in [0.3, 0.4) is 0 Å². The Balaban J connectivity index is 2.71. The maximum absolute atomic E-state index is 12.5. The zero-order valence-corrected chi connectivity index (χ0v) is 15.6. The van der Waals surface area contributed by atoms with Crippen LogP contribution in [-0.2, 0) is 20.9 Å². The summed E-state index contributed by atoms with van der Waals surface area (Å²) in [7, 11) is 0. The third-order valence-corrected chi connectivity index (χ3v) is 4.26. The zero-order chi connectivity index (χ0) is 22.0. The Kier molecular flexibility index (Phi) is 9.65. The van der Waals surface area contributed by atoms with Crippen LogP contribution in [0.15, 0.2) is 12.4 Å². The fourth-order valence-corrected chi connectivity index (χ4v) is 2.73. The molecule has 4 N–H and O–H groups in total. The molecular formula is C16H24FN5O7. The van der Waals surface area contributed by atoms with Crippen LogP contribution in [-0.4, -0.2) is 73.2 Å². The number of carbonyl (C=O) groups excluding carboxylic acids is 1. The standard InChI is InChI=1S/C16H24FN5O7/c17-4-2-7-20(13(23)10-21-8-5-19-16(21)22(28)29)6-1-3-11(14(24)25)9-12(18)15(26)27/h5,8,11-12H,1-4,6-7,9-10,18H2,(H,24,25)(H,26,27). The highest BCUT2D eigenvalue weighted by Gasteiger charge is 2.25. The van der Waals surface area contributed by atoms with Crippen molar-refractivity contribution >= 4 is 23.8 Å². The lowest BCUT2D eigenvalue weighted by Crippen LogP contribution is -2.37. The Labute approximate surface area is 165 Å². The van der Waals surface area contributed by atoms with Crippen molar-refractivity contribution in [3.63, 3.8) is 0 Å². The minimum absolute atomic E-state index is 0.0595. The summed E-state index contributed by atoms with van der Waals surface area (Å²) in [6, 6.07) is -1.32. The molecular weight excluding hydrogens is 393 g/mol. The minimum Gasteiger partial charge on any atom is -0.481 e. The summed E-state index contributed by atoms with van der Waals surface area (Å²) in [5.41, 5.74) is 5.38. The van der Waals surface area contributed by atoms with Crippen LogP contribution in [0.5, 0.6) is 0 Å². The van der Waals surface area contributed by atoms with Gasteiger partial charge in [0.15, 0.2) is 6.54 Å². The highest BCUT2D eigenvalue weighted by atomic mass is 19.1. The third kappa shape index (κ3) is 7.81. The first kappa shape index (κ1) is 23.9. The van der Waals surface area contributed by atoms with E-state index in [9.17, 15) is 34.0 Å². The zero-order valence-electron chi connectivity index (χ0n) is 15.6. The predicted molar refractivity (Wildman–Crippen MR) is 96.6 cm³/mol. The summed E-state index contributed by atoms with van der Waals surface area (Å²) in [6.45, 7) is -0.882. The molecule has 0 bridgehead atoms. The average Bonchev–Trinajstić information content (AvgIpc) is 3.11. The molecule has 29 heavy (non-hydrogen) atoms. The highest BCUT2D eigenvalue weighted by Crippen LogP contribution is 2.15. The largest absolute Gasteiger partial charge is 0.481 e. The SMILES string of the molecule is NC(CC(CCCN(CCCF)C(=O)Cn1ccnc1[N+](=O)[O-])C(=O)O)C(=O)O. The van der Waals surface area contributed by atoms with E-state index in [-0.39, 0.29) is 45.3 Å². The van der Waals surface area contributed by atoms with Gasteiger partial charge in [-0.3, -0.25) is 18.8 Å². The van der Waals surface area contributed by atoms with E-state index in [4.69, 9.17) is 10.8 Å². The monoisotopic (exact) mass is 417 g/mol. The van der Waals surface area contributed by atoms with Crippen molar-refractivity contribution in [2.75, 3.05) is 19.8 Å². The van der Waals surface area contributed by atoms with Crippen LogP contribution in [0, 0.1) is 16.0 Å². The Morgan fingerprint density at radius 3 is 2.48 bits per heavy atom. The van der Waals surface area contributed by atoms with E-state index in [1.54, 1.807) is 0 Å². The molecule has 1 heterocycles. The second kappa shape index (κ2) is 11.7. The lowest BCUT2D eigenvalue weighted by molar-refractivity contribution is -0.396. The van der Waals surface area contributed by atoms with E-state index in [2.05, 4.69) is 4.98 Å². The van der Waals surface area contributed by atoms with E-state index < -0.39 is 47.4 Å². The van der Waals surface area contributed by atoms with Crippen molar-refractivity contribution in [1.82, 2.24) is 14.5 Å². The van der Waals surface area contributed by atoms with Crippen LogP contribution >= 0.6 is 0 Å². The molecule has 0 aromatic carbocycles. The van der Waals surface area contributed by atoms with Crippen molar-refractivity contribution < 1.29 is 33.9 Å². The molecule has 1 aromatic heterocycles. The lowest BCUT2D eigenvalue weighted by atomic mass is 9.95. The molecule has 2 unspecified atom stereocenters. The summed E-state index contributed by atoms with van der Waals surface area (Å²) in [6.07, 6.45) is 2.54. The molecule has 1 rings (SSSR count). The molecule has 13 heteroatoms. The molecule has 1 amide bonds. The van der Waals surface area contributed by atoms with Gasteiger partial charge in [-0.25, -0.2) is 4.57 Å². The highest BCUT2D eigenvalue weighted by molar-refractivity contribution is 5.76. The van der Waals surface area contributed by atoms with E-state index in [1.807, 2.05) is 0 Å². The molecule has 2 atom stereocenters. The van der Waals surface area contributed by atoms with Gasteiger partial charge in [0.2, 0.25) is 0 Å². The summed E-state index contributed by atoms with van der Waals surface area (Å²) < 4.78 is 13.6. The van der Waals surface area contributed by atoms with Crippen molar-refractivity contribution in [3.05, 3.63) is 22.5 Å². The average molecular weight is 417 g/mol. The lowest BCUT2D eigenvalue weighted by Gasteiger charge is -2.23. The molecule has 0 radical (unpaired) electrons. The molecule has 0 aliphatic heterocycles. The quantitative estimate of drug-likeness (QED) is 0.282. The number of rotatable bonds is 14. The number of aliphatic carboxylic acids is 2. The van der Waals surface area contributed by atoms with Crippen molar-refractivity contribution in [2.24, 2.45) is 11.7 Å². The maximum atomic E-state index is 12.5. The number of hydrogen-bond donors (Lipinski definition) is 3. The number of nitrogens with zero attached hydrogens (tertiary/aromatic N) is 4. The van der Waals surface area contributed by atoms with Crippen molar-refractivity contribution in [3.8, 4) is 0 Å². The predicted octanol–water partition coefficient (Wildman–Crippen LogP) is 0.262. The van der Waals surface area contributed by atoms with Crippen LogP contribution < -0.4 is 5.73 Å². The number of nitrogens with two attached hydrogens (primary N) is 1. The number of amides is 1. The Morgan fingerprint density at radius 2 is 1.93 bits per heavy atom. The number of alkyl halides is 1. The molecule has 0 aliphatic carbocycles. The van der Waals surface area contributed by atoms with Gasteiger partial charge in [-0.2, -0.15) is 0 Å². The van der Waals surface area contributed by atoms with Gasteiger partial charge in [0, 0.05) is 13.1 Å². The van der Waals surface area contributed by atoms with Crippen LogP contribution in [0.25, 0.3) is 0 Å². The molecule has 0 saturated carbocycles. The van der Waals surface area contributed by atoms with Gasteiger partial charge in [0.1, 0.15) is 18.4 Å². The van der Waals surface area contributed by atoms with Crippen LogP contribution in [0.2, 0.25) is 0 Å². The second-order valence-electron chi connectivity index (χ2n) is 6.39. The number of carbonyl (C=O) groups is 3. The summed E-state index contributed by atoms with van der Waals surface area (Å²) in [5, 5.41) is 28.9. The number of nitro groups is 1. The van der Waals surface area contributed by atoms with Crippen molar-refractivity contribution in [1.29, 1.82) is 0 Å². The first-order chi connectivity index (χ1) is 13.7. The minimum atomic E-state index is -1.32. The number of aromatic nitrogens is 2. The fraction of sp³-hybridized carbons (Fsp3) is 0.625. The van der Waals surface area contributed by atoms with Gasteiger partial charge in [0.05, 0.1) is 12.6 Å². The number of hydrogen-bond acceptors (Lipinski definition) is 7. The van der Waals surface area contributed by atoms with Crippen LogP contribution in [0.1, 0.15) is 25.7 Å². The van der Waals surface area contributed by atoms with Gasteiger partial charge >= 0.3 is 17.9 Å². The van der Waals surface area contributed by atoms with Crippen molar-refractivity contribution in [2.45, 2.75) is 38.3 Å². The van der Waals surface area contributed by atoms with Gasteiger partial charge in [-0.1, -0.05) is 4.98 Å².